The van der Waals surface area contributed by atoms with Crippen LogP contribution in [0.1, 0.15) is 40.3 Å². The first-order chi connectivity index (χ1) is 25.2. The van der Waals surface area contributed by atoms with Crippen LogP contribution in [0.4, 0.5) is 5.13 Å². The zero-order valence-corrected chi connectivity index (χ0v) is 30.4. The molecule has 7 rings (SSSR count). The van der Waals surface area contributed by atoms with Crippen LogP contribution in [-0.2, 0) is 38.7 Å². The molecule has 1 amide bonds. The summed E-state index contributed by atoms with van der Waals surface area (Å²) in [7, 11) is -3.28. The van der Waals surface area contributed by atoms with E-state index >= 15 is 0 Å². The number of nitrogens with zero attached hydrogens (tertiary/aromatic N) is 1. The second-order valence-corrected chi connectivity index (χ2v) is 14.9. The molecular weight excluding hydrogens is 723 g/mol. The summed E-state index contributed by atoms with van der Waals surface area (Å²) >= 11 is 1.23. The number of benzene rings is 2. The van der Waals surface area contributed by atoms with Gasteiger partial charge in [-0.2, -0.15) is 0 Å². The van der Waals surface area contributed by atoms with E-state index in [0.717, 1.165) is 0 Å². The van der Waals surface area contributed by atoms with Crippen molar-refractivity contribution in [3.63, 3.8) is 0 Å². The second-order valence-electron chi connectivity index (χ2n) is 12.0. The number of ether oxygens (including phenoxy) is 8. The molecule has 1 aromatic heterocycles. The van der Waals surface area contributed by atoms with Crippen molar-refractivity contribution in [2.24, 2.45) is 0 Å². The zero-order chi connectivity index (χ0) is 36.5. The molecule has 0 atom stereocenters. The van der Waals surface area contributed by atoms with Crippen molar-refractivity contribution in [2.75, 3.05) is 71.4 Å². The Balaban J connectivity index is 0.000000206. The molecular formula is C34H41N2O14PS. The fourth-order valence-corrected chi connectivity index (χ4v) is 7.33. The van der Waals surface area contributed by atoms with Gasteiger partial charge in [-0.25, -0.2) is 9.78 Å². The highest BCUT2D eigenvalue weighted by molar-refractivity contribution is 7.53. The number of nitrogens with one attached hydrogen (secondary N) is 1. The minimum atomic E-state index is -3.28. The molecule has 5 heterocycles. The van der Waals surface area contributed by atoms with Crippen LogP contribution in [0.5, 0.6) is 23.0 Å². The number of thiazole rings is 1. The number of carbonyl (C=O) groups excluding carboxylic acids is 1. The molecule has 0 bridgehead atoms. The summed E-state index contributed by atoms with van der Waals surface area (Å²) in [6.07, 6.45) is -0.0741. The minimum absolute atomic E-state index is 0.0102. The maximum Gasteiger partial charge on any atom is 0.336 e. The van der Waals surface area contributed by atoms with E-state index < -0.39 is 13.6 Å². The highest BCUT2D eigenvalue weighted by Gasteiger charge is 2.27. The van der Waals surface area contributed by atoms with Crippen LogP contribution in [0, 0.1) is 0 Å². The molecule has 282 valence electrons. The van der Waals surface area contributed by atoms with Crippen LogP contribution in [-0.4, -0.2) is 112 Å². The van der Waals surface area contributed by atoms with E-state index in [0.29, 0.717) is 92.2 Å². The van der Waals surface area contributed by atoms with Gasteiger partial charge in [0.25, 0.3) is 5.91 Å². The van der Waals surface area contributed by atoms with Crippen LogP contribution >= 0.6 is 18.9 Å². The van der Waals surface area contributed by atoms with Gasteiger partial charge in [-0.3, -0.25) is 14.7 Å². The summed E-state index contributed by atoms with van der Waals surface area (Å²) in [5.41, 5.74) is 1.04. The fraction of sp³-hybridized carbons (Fsp3) is 0.500. The van der Waals surface area contributed by atoms with E-state index in [1.165, 1.54) is 23.5 Å². The summed E-state index contributed by atoms with van der Waals surface area (Å²) in [5.74, 6) is 0.663. The lowest BCUT2D eigenvalue weighted by Crippen LogP contribution is -2.39. The number of aromatic carboxylic acids is 1. The summed E-state index contributed by atoms with van der Waals surface area (Å²) in [5, 5.41) is 14.0. The fourth-order valence-electron chi connectivity index (χ4n) is 4.90. The molecule has 52 heavy (non-hydrogen) atoms. The number of carbonyl (C=O) groups is 2. The lowest BCUT2D eigenvalue weighted by atomic mass is 10.1. The molecule has 2 N–H and O–H groups in total. The van der Waals surface area contributed by atoms with Crippen molar-refractivity contribution < 1.29 is 66.2 Å². The van der Waals surface area contributed by atoms with Crippen LogP contribution in [0.3, 0.4) is 0 Å². The Bertz CT molecular complexity index is 1650. The van der Waals surface area contributed by atoms with Crippen molar-refractivity contribution in [3.05, 3.63) is 58.6 Å². The Morgan fingerprint density at radius 1 is 0.731 bits per heavy atom. The smallest absolute Gasteiger partial charge is 0.336 e. The number of amides is 1. The van der Waals surface area contributed by atoms with E-state index in [9.17, 15) is 14.2 Å². The second kappa shape index (κ2) is 17.8. The normalized spacial score (nSPS) is 17.7. The first kappa shape index (κ1) is 37.9. The van der Waals surface area contributed by atoms with Gasteiger partial charge >= 0.3 is 13.6 Å². The third-order valence-electron chi connectivity index (χ3n) is 7.69. The minimum Gasteiger partial charge on any atom is -0.485 e. The Hall–Kier alpha value is -3.80. The van der Waals surface area contributed by atoms with E-state index in [4.69, 9.17) is 52.0 Å². The number of carboxylic acid groups (broad SMARTS) is 1. The van der Waals surface area contributed by atoms with Crippen LogP contribution in [0.25, 0.3) is 0 Å². The molecule has 4 saturated heterocycles. The largest absolute Gasteiger partial charge is 0.485 e. The topological polar surface area (TPSA) is 189 Å². The van der Waals surface area contributed by atoms with Gasteiger partial charge in [-0.1, -0.05) is 0 Å². The summed E-state index contributed by atoms with van der Waals surface area (Å²) < 4.78 is 66.7. The maximum atomic E-state index is 12.9. The monoisotopic (exact) mass is 764 g/mol. The van der Waals surface area contributed by atoms with Crippen LogP contribution in [0.2, 0.25) is 0 Å². The molecule has 2 aromatic carbocycles. The van der Waals surface area contributed by atoms with Gasteiger partial charge in [0.2, 0.25) is 0 Å². The number of aromatic nitrogens is 1. The van der Waals surface area contributed by atoms with Gasteiger partial charge < -0.3 is 52.0 Å². The number of anilines is 1. The number of carboxylic acids is 1. The van der Waals surface area contributed by atoms with E-state index in [1.54, 1.807) is 43.5 Å². The van der Waals surface area contributed by atoms with Gasteiger partial charge in [0.05, 0.1) is 83.5 Å². The van der Waals surface area contributed by atoms with Crippen molar-refractivity contribution in [3.8, 4) is 23.0 Å². The van der Waals surface area contributed by atoms with Gasteiger partial charge in [0.15, 0.2) is 5.13 Å². The standard InChI is InChI=1S/C21H27N2O8PS.C13H14O6/c1-3-28-32(25,29-4-2)12-15-13-33-21(22-15)23-20(24)14-5-16(30-18-8-26-9-18)7-17(6-14)31-19-10-27-11-19;14-13(15)8-1-9(18-11-4-16-5-11)3-10(2-8)19-12-6-17-7-12/h5-7,13,18-19H,3-4,8-12H2,1-2H3,(H,22,23,24);1-3,11-12H,4-7H2,(H,14,15). The molecule has 0 unspecified atom stereocenters. The molecule has 4 fully saturated rings. The maximum absolute atomic E-state index is 12.9. The Kier molecular flexibility index (Phi) is 13.0. The molecule has 4 aliphatic rings. The van der Waals surface area contributed by atoms with E-state index in [2.05, 4.69) is 10.3 Å². The molecule has 0 saturated carbocycles. The highest BCUT2D eigenvalue weighted by atomic mass is 32.1. The molecule has 0 spiro atoms. The Labute approximate surface area is 304 Å². The average Bonchev–Trinajstić information content (AvgIpc) is 3.46. The quantitative estimate of drug-likeness (QED) is 0.181. The summed E-state index contributed by atoms with van der Waals surface area (Å²) in [6, 6.07) is 9.75. The predicted molar refractivity (Wildman–Crippen MR) is 185 cm³/mol. The van der Waals surface area contributed by atoms with E-state index in [1.807, 2.05) is 0 Å². The average molecular weight is 765 g/mol. The molecule has 4 aliphatic heterocycles. The SMILES string of the molecule is CCOP(=O)(Cc1csc(NC(=O)c2cc(OC3COC3)cc(OC3COC3)c2)n1)OCC.O=C(O)c1cc(OC2COC2)cc(OC2COC2)c1. The molecule has 18 heteroatoms. The zero-order valence-electron chi connectivity index (χ0n) is 28.7. The van der Waals surface area contributed by atoms with Crippen molar-refractivity contribution in [1.29, 1.82) is 0 Å². The van der Waals surface area contributed by atoms with Gasteiger partial charge in [0.1, 0.15) is 47.4 Å². The number of rotatable bonds is 17. The molecule has 0 radical (unpaired) electrons. The first-order valence-electron chi connectivity index (χ1n) is 16.8. The van der Waals surface area contributed by atoms with Crippen molar-refractivity contribution in [1.82, 2.24) is 4.98 Å². The third kappa shape index (κ3) is 10.6. The van der Waals surface area contributed by atoms with Crippen molar-refractivity contribution in [2.45, 2.75) is 44.4 Å². The molecule has 3 aromatic rings. The van der Waals surface area contributed by atoms with Gasteiger partial charge in [0, 0.05) is 23.1 Å². The molecule has 0 aliphatic carbocycles. The van der Waals surface area contributed by atoms with E-state index in [-0.39, 0.29) is 55.3 Å². The lowest BCUT2D eigenvalue weighted by molar-refractivity contribution is -0.0825. The Morgan fingerprint density at radius 2 is 1.13 bits per heavy atom. The van der Waals surface area contributed by atoms with Crippen molar-refractivity contribution >= 4 is 35.9 Å². The highest BCUT2D eigenvalue weighted by Crippen LogP contribution is 2.51. The molecule has 16 nitrogen and oxygen atoms in total. The van der Waals surface area contributed by atoms with Gasteiger partial charge in [-0.15, -0.1) is 11.3 Å². The van der Waals surface area contributed by atoms with Gasteiger partial charge in [-0.05, 0) is 38.1 Å². The van der Waals surface area contributed by atoms with Crippen LogP contribution in [0.15, 0.2) is 41.8 Å². The third-order valence-corrected chi connectivity index (χ3v) is 10.5. The summed E-state index contributed by atoms with van der Waals surface area (Å²) in [4.78, 5) is 28.4. The number of hydrogen-bond acceptors (Lipinski definition) is 15. The first-order valence-corrected chi connectivity index (χ1v) is 19.4. The predicted octanol–water partition coefficient (Wildman–Crippen LogP) is 4.66. The number of hydrogen-bond donors (Lipinski definition) is 2. The lowest BCUT2D eigenvalue weighted by Gasteiger charge is -2.29. The summed E-state index contributed by atoms with van der Waals surface area (Å²) in [6.45, 7) is 8.23. The van der Waals surface area contributed by atoms with Crippen LogP contribution < -0.4 is 24.3 Å². The Morgan fingerprint density at radius 3 is 1.48 bits per heavy atom.